The zero-order chi connectivity index (χ0) is 28.8. The number of carbonyl (C=O) groups excluding carboxylic acids is 1. The molecule has 12 heteroatoms. The fourth-order valence-electron chi connectivity index (χ4n) is 5.00. The third-order valence-corrected chi connectivity index (χ3v) is 8.51. The Hall–Kier alpha value is -3.31. The number of anilines is 2. The van der Waals surface area contributed by atoms with E-state index in [2.05, 4.69) is 9.88 Å². The molecule has 0 bridgehead atoms. The number of imidazole rings is 1. The van der Waals surface area contributed by atoms with Gasteiger partial charge in [-0.3, -0.25) is 9.20 Å². The summed E-state index contributed by atoms with van der Waals surface area (Å²) in [6, 6.07) is 14.6. The van der Waals surface area contributed by atoms with E-state index in [0.29, 0.717) is 79.6 Å². The number of pyridine rings is 1. The molecule has 1 aliphatic rings. The van der Waals surface area contributed by atoms with Gasteiger partial charge in [-0.2, -0.15) is 0 Å². The van der Waals surface area contributed by atoms with Gasteiger partial charge >= 0.3 is 10.2 Å². The maximum absolute atomic E-state index is 13.1. The molecule has 0 amide bonds. The predicted molar refractivity (Wildman–Crippen MR) is 151 cm³/mol. The van der Waals surface area contributed by atoms with E-state index in [9.17, 15) is 24.2 Å². The normalized spacial score (nSPS) is 16.2. The summed E-state index contributed by atoms with van der Waals surface area (Å²) in [6.45, 7) is 4.28. The molecule has 5 rings (SSSR count). The molecule has 5 nitrogen and oxygen atoms in total. The highest BCUT2D eigenvalue weighted by Crippen LogP contribution is 3.02. The highest BCUT2D eigenvalue weighted by Gasteiger charge is 2.65. The number of aromatic nitrogens is 2. The van der Waals surface area contributed by atoms with Crippen molar-refractivity contribution in [2.75, 3.05) is 36.0 Å². The number of nitrogens with zero attached hydrogens (tertiary/aromatic N) is 4. The second kappa shape index (κ2) is 9.66. The fourth-order valence-corrected chi connectivity index (χ4v) is 5.81. The summed E-state index contributed by atoms with van der Waals surface area (Å²) in [6.07, 6.45) is 3.24. The Morgan fingerprint density at radius 3 is 1.93 bits per heavy atom. The van der Waals surface area contributed by atoms with Gasteiger partial charge in [-0.15, -0.1) is 0 Å². The van der Waals surface area contributed by atoms with Crippen LogP contribution < -0.4 is 9.80 Å². The summed E-state index contributed by atoms with van der Waals surface area (Å²) in [7, 11) is -9.67. The van der Waals surface area contributed by atoms with Crippen LogP contribution in [-0.2, 0) is 12.8 Å². The number of hydrogen-bond donors (Lipinski definition) is 0. The second-order valence-electron chi connectivity index (χ2n) is 9.86. The number of piperazine rings is 1. The van der Waals surface area contributed by atoms with Crippen LogP contribution in [0.15, 0.2) is 71.8 Å². The van der Waals surface area contributed by atoms with E-state index < -0.39 is 15.1 Å². The first-order chi connectivity index (χ1) is 18.7. The van der Waals surface area contributed by atoms with Crippen LogP contribution in [-0.4, -0.2) is 41.3 Å². The molecule has 1 aliphatic heterocycles. The minimum atomic E-state index is -9.67. The Bertz CT molecular complexity index is 1550. The number of carbonyl (C=O) groups is 1. The zero-order valence-corrected chi connectivity index (χ0v) is 23.2. The quantitative estimate of drug-likeness (QED) is 0.151. The van der Waals surface area contributed by atoms with E-state index in [1.54, 1.807) is 22.7 Å². The number of fused-ring (bicyclic) bond motifs is 1. The maximum atomic E-state index is 13.1. The van der Waals surface area contributed by atoms with E-state index in [1.165, 1.54) is 0 Å². The lowest BCUT2D eigenvalue weighted by Gasteiger charge is -2.41. The molecule has 0 saturated carbocycles. The van der Waals surface area contributed by atoms with Gasteiger partial charge in [0.1, 0.15) is 16.2 Å². The highest BCUT2D eigenvalue weighted by atomic mass is 35.5. The molecule has 4 aromatic rings. The molecule has 2 aromatic carbocycles. The molecule has 0 radical (unpaired) electrons. The van der Waals surface area contributed by atoms with Crippen molar-refractivity contribution < 1.29 is 24.2 Å². The lowest BCUT2D eigenvalue weighted by Crippen LogP contribution is -2.46. The van der Waals surface area contributed by atoms with Crippen molar-refractivity contribution in [3.05, 3.63) is 88.8 Å². The van der Waals surface area contributed by atoms with Gasteiger partial charge in [0, 0.05) is 50.2 Å². The van der Waals surface area contributed by atoms with Crippen LogP contribution in [0.1, 0.15) is 35.1 Å². The molecular weight excluding hydrogens is 571 g/mol. The first-order valence-corrected chi connectivity index (χ1v) is 15.2. The highest BCUT2D eigenvalue weighted by molar-refractivity contribution is 8.45. The zero-order valence-electron chi connectivity index (χ0n) is 21.7. The number of aryl methyl sites for hydroxylation is 2. The standard InChI is InChI=1S/C28H28ClF5N4OS/c1-2-25-28(38-19-21(29)6-14-27(38)35-25)26(39)13-5-20-3-7-22(8-4-20)36-15-17-37(18-16-36)23-9-11-24(12-10-23)40(30,31,32,33)34/h3-4,6-12,14,19H,2,5,13,15-18H2,1H3. The lowest BCUT2D eigenvalue weighted by atomic mass is 10.0. The number of Topliss-reactive ketones (excluding diaryl/α,β-unsaturated/α-hetero) is 1. The van der Waals surface area contributed by atoms with Gasteiger partial charge in [0.25, 0.3) is 0 Å². The fraction of sp³-hybridized carbons (Fsp3) is 0.286. The van der Waals surface area contributed by atoms with Crippen LogP contribution in [0, 0.1) is 0 Å². The summed E-state index contributed by atoms with van der Waals surface area (Å²) in [5.74, 6) is 0.000408. The predicted octanol–water partition coefficient (Wildman–Crippen LogP) is 8.35. The minimum absolute atomic E-state index is 0.000408. The van der Waals surface area contributed by atoms with Gasteiger partial charge in [0.2, 0.25) is 0 Å². The average Bonchev–Trinajstić information content (AvgIpc) is 3.29. The smallest absolute Gasteiger partial charge is 0.310 e. The Kier molecular flexibility index (Phi) is 6.81. The van der Waals surface area contributed by atoms with E-state index in [-0.39, 0.29) is 5.78 Å². The lowest BCUT2D eigenvalue weighted by molar-refractivity contribution is 0.0976. The van der Waals surface area contributed by atoms with Crippen LogP contribution >= 0.6 is 21.8 Å². The Balaban J connectivity index is 1.18. The molecule has 0 aliphatic carbocycles. The van der Waals surface area contributed by atoms with Crippen molar-refractivity contribution in [2.45, 2.75) is 31.1 Å². The molecule has 2 aromatic heterocycles. The molecule has 0 N–H and O–H groups in total. The van der Waals surface area contributed by atoms with Crippen molar-refractivity contribution in [3.8, 4) is 0 Å². The molecule has 1 fully saturated rings. The SMILES string of the molecule is CCc1nc2ccc(Cl)cn2c1C(=O)CCc1ccc(N2CCN(c3ccc(S(F)(F)(F)(F)F)cc3)CC2)cc1. The maximum Gasteiger partial charge on any atom is 0.310 e. The Morgan fingerprint density at radius 1 is 0.850 bits per heavy atom. The Morgan fingerprint density at radius 2 is 1.40 bits per heavy atom. The minimum Gasteiger partial charge on any atom is -0.368 e. The Labute approximate surface area is 233 Å². The molecule has 0 atom stereocenters. The third-order valence-electron chi connectivity index (χ3n) is 7.12. The first kappa shape index (κ1) is 28.2. The van der Waals surface area contributed by atoms with Gasteiger partial charge in [-0.05, 0) is 66.9 Å². The third kappa shape index (κ3) is 6.05. The van der Waals surface area contributed by atoms with Crippen molar-refractivity contribution in [3.63, 3.8) is 0 Å². The van der Waals surface area contributed by atoms with Crippen LogP contribution in [0.25, 0.3) is 5.65 Å². The topological polar surface area (TPSA) is 40.9 Å². The van der Waals surface area contributed by atoms with Crippen LogP contribution in [0.5, 0.6) is 0 Å². The van der Waals surface area contributed by atoms with Gasteiger partial charge in [-0.25, -0.2) is 4.98 Å². The van der Waals surface area contributed by atoms with Crippen molar-refractivity contribution in [1.29, 1.82) is 0 Å². The van der Waals surface area contributed by atoms with Gasteiger partial charge in [-0.1, -0.05) is 50.1 Å². The second-order valence-corrected chi connectivity index (χ2v) is 12.7. The summed E-state index contributed by atoms with van der Waals surface area (Å²) in [5, 5.41) is 0.531. The van der Waals surface area contributed by atoms with Crippen molar-refractivity contribution in [1.82, 2.24) is 9.38 Å². The van der Waals surface area contributed by atoms with Crippen molar-refractivity contribution in [2.24, 2.45) is 0 Å². The molecule has 40 heavy (non-hydrogen) atoms. The summed E-state index contributed by atoms with van der Waals surface area (Å²) >= 11 is 6.14. The largest absolute Gasteiger partial charge is 0.368 e. The van der Waals surface area contributed by atoms with E-state index in [4.69, 9.17) is 11.6 Å². The number of ketones is 1. The number of halogens is 6. The molecule has 0 spiro atoms. The number of hydrogen-bond acceptors (Lipinski definition) is 4. The number of benzene rings is 2. The van der Waals surface area contributed by atoms with Gasteiger partial charge < -0.3 is 9.80 Å². The van der Waals surface area contributed by atoms with Crippen LogP contribution in [0.2, 0.25) is 5.02 Å². The first-order valence-electron chi connectivity index (χ1n) is 12.8. The molecule has 3 heterocycles. The van der Waals surface area contributed by atoms with E-state index in [0.717, 1.165) is 29.1 Å². The van der Waals surface area contributed by atoms with Crippen molar-refractivity contribution >= 4 is 44.6 Å². The summed E-state index contributed by atoms with van der Waals surface area (Å²) in [4.78, 5) is 19.9. The monoisotopic (exact) mass is 598 g/mol. The molecular formula is C28H28ClF5N4OS. The van der Waals surface area contributed by atoms with Crippen LogP contribution in [0.3, 0.4) is 0 Å². The number of rotatable bonds is 8. The van der Waals surface area contributed by atoms with E-state index >= 15 is 0 Å². The summed E-state index contributed by atoms with van der Waals surface area (Å²) in [5.41, 5.74) is 4.50. The average molecular weight is 599 g/mol. The summed E-state index contributed by atoms with van der Waals surface area (Å²) < 4.78 is 66.7. The molecule has 1 saturated heterocycles. The van der Waals surface area contributed by atoms with Crippen LogP contribution in [0.4, 0.5) is 30.8 Å². The molecule has 0 unspecified atom stereocenters. The van der Waals surface area contributed by atoms with Gasteiger partial charge in [0.15, 0.2) is 5.78 Å². The molecule has 214 valence electrons. The van der Waals surface area contributed by atoms with E-state index in [1.807, 2.05) is 36.1 Å². The van der Waals surface area contributed by atoms with Gasteiger partial charge in [0.05, 0.1) is 10.7 Å².